The number of rotatable bonds is 5. The molecule has 1 atom stereocenters. The van der Waals surface area contributed by atoms with Gasteiger partial charge in [-0.15, -0.1) is 0 Å². The van der Waals surface area contributed by atoms with Crippen LogP contribution in [-0.4, -0.2) is 20.2 Å². The normalized spacial score (nSPS) is 12.2. The van der Waals surface area contributed by atoms with Gasteiger partial charge in [0.25, 0.3) is 0 Å². The van der Waals surface area contributed by atoms with Crippen molar-refractivity contribution >= 4 is 21.6 Å². The second kappa shape index (κ2) is 6.19. The first kappa shape index (κ1) is 15.4. The van der Waals surface area contributed by atoms with Crippen LogP contribution in [0.15, 0.2) is 21.1 Å². The lowest BCUT2D eigenvalue weighted by Gasteiger charge is -2.13. The van der Waals surface area contributed by atoms with Crippen molar-refractivity contribution in [1.29, 1.82) is 0 Å². The highest BCUT2D eigenvalue weighted by atomic mass is 79.9. The largest absolute Gasteiger partial charge is 0.478 e. The quantitative estimate of drug-likeness (QED) is 0.646. The summed E-state index contributed by atoms with van der Waals surface area (Å²) in [6, 6.07) is 2.87. The molecule has 0 aliphatic rings. The number of ether oxygens (including phenoxy) is 1. The highest BCUT2D eigenvalue weighted by molar-refractivity contribution is 9.10. The minimum atomic E-state index is -0.928. The predicted octanol–water partition coefficient (Wildman–Crippen LogP) is 2.68. The second-order valence-electron chi connectivity index (χ2n) is 4.29. The number of aryl methyl sites for hydroxylation is 1. The van der Waals surface area contributed by atoms with E-state index in [-0.39, 0.29) is 23.9 Å². The first-order valence-electron chi connectivity index (χ1n) is 5.96. The summed E-state index contributed by atoms with van der Waals surface area (Å²) in [6.07, 6.45) is -0.928. The van der Waals surface area contributed by atoms with Crippen molar-refractivity contribution in [2.45, 2.75) is 26.6 Å². The Morgan fingerprint density at radius 3 is 2.81 bits per heavy atom. The van der Waals surface area contributed by atoms with Gasteiger partial charge in [-0.2, -0.15) is 4.98 Å². The molecule has 1 aromatic heterocycles. The van der Waals surface area contributed by atoms with E-state index in [0.717, 1.165) is 0 Å². The van der Waals surface area contributed by atoms with Crippen molar-refractivity contribution in [3.05, 3.63) is 44.0 Å². The van der Waals surface area contributed by atoms with E-state index >= 15 is 0 Å². The van der Waals surface area contributed by atoms with E-state index in [9.17, 15) is 15.2 Å². The summed E-state index contributed by atoms with van der Waals surface area (Å²) in [5, 5.41) is 24.5. The molecule has 0 radical (unpaired) electrons. The summed E-state index contributed by atoms with van der Waals surface area (Å²) in [4.78, 5) is 14.5. The van der Waals surface area contributed by atoms with Crippen molar-refractivity contribution in [2.75, 3.05) is 0 Å². The molecule has 1 heterocycles. The molecule has 112 valence electrons. The number of nitro groups is 1. The number of halogens is 1. The molecule has 1 N–H and O–H groups in total. The minimum absolute atomic E-state index is 0.0133. The molecule has 0 amide bonds. The molecule has 9 heteroatoms. The standard InChI is InChI=1S/C12H12BrN3O5/c1-6(17)9-3-8(13)4-10(16(18)19)12(9)20-5-11-14-7(2)21-15-11/h3-4,6,17H,5H2,1-2H3/t6-/m0/s1. The molecule has 2 rings (SSSR count). The molecule has 0 bridgehead atoms. The van der Waals surface area contributed by atoms with Crippen molar-refractivity contribution in [2.24, 2.45) is 0 Å². The van der Waals surface area contributed by atoms with Gasteiger partial charge in [0, 0.05) is 23.0 Å². The summed E-state index contributed by atoms with van der Waals surface area (Å²) in [6.45, 7) is 3.02. The lowest BCUT2D eigenvalue weighted by atomic mass is 10.1. The van der Waals surface area contributed by atoms with E-state index in [0.29, 0.717) is 15.9 Å². The molecule has 21 heavy (non-hydrogen) atoms. The van der Waals surface area contributed by atoms with Gasteiger partial charge in [0.15, 0.2) is 6.61 Å². The predicted molar refractivity (Wildman–Crippen MR) is 74.8 cm³/mol. The highest BCUT2D eigenvalue weighted by Crippen LogP contribution is 2.38. The molecule has 0 aliphatic heterocycles. The third kappa shape index (κ3) is 3.56. The van der Waals surface area contributed by atoms with Crippen LogP contribution < -0.4 is 4.74 Å². The molecular formula is C12H12BrN3O5. The Morgan fingerprint density at radius 2 is 2.29 bits per heavy atom. The Kier molecular flexibility index (Phi) is 4.53. The lowest BCUT2D eigenvalue weighted by Crippen LogP contribution is -2.05. The number of hydrogen-bond acceptors (Lipinski definition) is 7. The van der Waals surface area contributed by atoms with Gasteiger partial charge in [-0.3, -0.25) is 10.1 Å². The summed E-state index contributed by atoms with van der Waals surface area (Å²) < 4.78 is 10.7. The summed E-state index contributed by atoms with van der Waals surface area (Å²) in [7, 11) is 0. The van der Waals surface area contributed by atoms with Crippen LogP contribution in [0.1, 0.15) is 30.3 Å². The SMILES string of the molecule is Cc1nc(COc2c([C@H](C)O)cc(Br)cc2[N+](=O)[O-])no1. The zero-order chi connectivity index (χ0) is 15.6. The Morgan fingerprint density at radius 1 is 1.57 bits per heavy atom. The van der Waals surface area contributed by atoms with Crippen LogP contribution in [-0.2, 0) is 6.61 Å². The van der Waals surface area contributed by atoms with Crippen LogP contribution in [0.25, 0.3) is 0 Å². The molecule has 0 fully saturated rings. The number of aromatic nitrogens is 2. The fourth-order valence-corrected chi connectivity index (χ4v) is 2.20. The van der Waals surface area contributed by atoms with E-state index in [1.165, 1.54) is 13.0 Å². The van der Waals surface area contributed by atoms with Crippen LogP contribution in [0.3, 0.4) is 0 Å². The summed E-state index contributed by atoms with van der Waals surface area (Å²) in [5.41, 5.74) is 0.0526. The van der Waals surface area contributed by atoms with E-state index in [2.05, 4.69) is 26.1 Å². The molecule has 0 saturated carbocycles. The highest BCUT2D eigenvalue weighted by Gasteiger charge is 2.23. The summed E-state index contributed by atoms with van der Waals surface area (Å²) >= 11 is 3.17. The van der Waals surface area contributed by atoms with Crippen LogP contribution in [0, 0.1) is 17.0 Å². The van der Waals surface area contributed by atoms with Crippen molar-refractivity contribution in [3.8, 4) is 5.75 Å². The Hall–Kier alpha value is -2.00. The number of hydrogen-bond donors (Lipinski definition) is 1. The molecule has 0 aliphatic carbocycles. The Bertz CT molecular complexity index is 671. The number of aliphatic hydroxyl groups is 1. The van der Waals surface area contributed by atoms with Crippen molar-refractivity contribution in [1.82, 2.24) is 10.1 Å². The molecule has 0 unspecified atom stereocenters. The monoisotopic (exact) mass is 357 g/mol. The summed E-state index contributed by atoms with van der Waals surface area (Å²) in [5.74, 6) is 0.622. The van der Waals surface area contributed by atoms with Gasteiger partial charge in [0.1, 0.15) is 0 Å². The van der Waals surface area contributed by atoms with Gasteiger partial charge in [0.2, 0.25) is 17.5 Å². The first-order valence-corrected chi connectivity index (χ1v) is 6.75. The average molecular weight is 358 g/mol. The van der Waals surface area contributed by atoms with E-state index < -0.39 is 11.0 Å². The lowest BCUT2D eigenvalue weighted by molar-refractivity contribution is -0.386. The third-order valence-corrected chi connectivity index (χ3v) is 3.08. The molecular weight excluding hydrogens is 346 g/mol. The number of nitro benzene ring substituents is 1. The van der Waals surface area contributed by atoms with Crippen LogP contribution in [0.2, 0.25) is 0 Å². The van der Waals surface area contributed by atoms with E-state index in [4.69, 9.17) is 9.26 Å². The maximum atomic E-state index is 11.1. The van der Waals surface area contributed by atoms with E-state index in [1.807, 2.05) is 0 Å². The molecule has 1 aromatic carbocycles. The fraction of sp³-hybridized carbons (Fsp3) is 0.333. The van der Waals surface area contributed by atoms with Gasteiger partial charge in [-0.1, -0.05) is 21.1 Å². The number of benzene rings is 1. The Labute approximate surface area is 128 Å². The zero-order valence-electron chi connectivity index (χ0n) is 11.2. The maximum Gasteiger partial charge on any atom is 0.312 e. The van der Waals surface area contributed by atoms with E-state index in [1.54, 1.807) is 13.0 Å². The third-order valence-electron chi connectivity index (χ3n) is 2.62. The molecule has 0 spiro atoms. The Balaban J connectivity index is 2.37. The van der Waals surface area contributed by atoms with Crippen LogP contribution in [0.4, 0.5) is 5.69 Å². The first-order chi connectivity index (χ1) is 9.88. The number of aliphatic hydroxyl groups excluding tert-OH is 1. The maximum absolute atomic E-state index is 11.1. The molecule has 0 saturated heterocycles. The van der Waals surface area contributed by atoms with Crippen LogP contribution in [0.5, 0.6) is 5.75 Å². The van der Waals surface area contributed by atoms with Gasteiger partial charge < -0.3 is 14.4 Å². The molecule has 2 aromatic rings. The van der Waals surface area contributed by atoms with Crippen LogP contribution >= 0.6 is 15.9 Å². The average Bonchev–Trinajstić information content (AvgIpc) is 2.81. The fourth-order valence-electron chi connectivity index (χ4n) is 1.74. The molecule has 8 nitrogen and oxygen atoms in total. The number of nitrogens with zero attached hydrogens (tertiary/aromatic N) is 3. The smallest absolute Gasteiger partial charge is 0.312 e. The van der Waals surface area contributed by atoms with Crippen molar-refractivity contribution < 1.29 is 19.3 Å². The zero-order valence-corrected chi connectivity index (χ0v) is 12.8. The second-order valence-corrected chi connectivity index (χ2v) is 5.21. The van der Waals surface area contributed by atoms with Gasteiger partial charge in [-0.05, 0) is 13.0 Å². The van der Waals surface area contributed by atoms with Crippen molar-refractivity contribution in [3.63, 3.8) is 0 Å². The van der Waals surface area contributed by atoms with Gasteiger partial charge in [-0.25, -0.2) is 0 Å². The minimum Gasteiger partial charge on any atom is -0.478 e. The van der Waals surface area contributed by atoms with Gasteiger partial charge >= 0.3 is 5.69 Å². The van der Waals surface area contributed by atoms with Gasteiger partial charge in [0.05, 0.1) is 11.0 Å². The topological polar surface area (TPSA) is 112 Å².